The zero-order valence-electron chi connectivity index (χ0n) is 22.0. The largest absolute Gasteiger partial charge is 0.467 e. The fraction of sp³-hybridized carbons (Fsp3) is 0.200. The molecule has 39 heavy (non-hydrogen) atoms. The third-order valence-electron chi connectivity index (χ3n) is 6.19. The van der Waals surface area contributed by atoms with Gasteiger partial charge in [-0.15, -0.1) is 0 Å². The highest BCUT2D eigenvalue weighted by molar-refractivity contribution is 7.92. The zero-order chi connectivity index (χ0) is 28.0. The number of anilines is 2. The Balaban J connectivity index is 1.59. The number of nitrogens with zero attached hydrogens (tertiary/aromatic N) is 1. The second-order valence-corrected chi connectivity index (χ2v) is 11.3. The molecule has 0 saturated carbocycles. The Morgan fingerprint density at radius 1 is 0.897 bits per heavy atom. The van der Waals surface area contributed by atoms with Crippen LogP contribution in [0, 0.1) is 6.92 Å². The first kappa shape index (κ1) is 27.7. The van der Waals surface area contributed by atoms with Crippen molar-refractivity contribution in [3.05, 3.63) is 114 Å². The average molecular weight is 546 g/mol. The van der Waals surface area contributed by atoms with Crippen LogP contribution in [-0.2, 0) is 21.4 Å². The van der Waals surface area contributed by atoms with Crippen LogP contribution in [0.25, 0.3) is 0 Å². The predicted molar refractivity (Wildman–Crippen MR) is 151 cm³/mol. The number of benzene rings is 3. The van der Waals surface area contributed by atoms with Gasteiger partial charge in [0, 0.05) is 0 Å². The lowest BCUT2D eigenvalue weighted by atomic mass is 10.0. The number of amides is 2. The lowest BCUT2D eigenvalue weighted by molar-refractivity contribution is -0.114. The van der Waals surface area contributed by atoms with Crippen molar-refractivity contribution in [3.63, 3.8) is 0 Å². The molecule has 0 radical (unpaired) electrons. The zero-order valence-corrected chi connectivity index (χ0v) is 22.9. The lowest BCUT2D eigenvalue weighted by Gasteiger charge is -2.25. The molecule has 0 fully saturated rings. The molecule has 8 nitrogen and oxygen atoms in total. The van der Waals surface area contributed by atoms with Crippen LogP contribution in [-0.4, -0.2) is 26.8 Å². The van der Waals surface area contributed by atoms with E-state index < -0.39 is 28.4 Å². The van der Waals surface area contributed by atoms with Gasteiger partial charge in [0.05, 0.1) is 34.6 Å². The summed E-state index contributed by atoms with van der Waals surface area (Å²) in [5.74, 6) is -0.147. The molecule has 0 bridgehead atoms. The van der Waals surface area contributed by atoms with Crippen molar-refractivity contribution in [2.75, 3.05) is 16.2 Å². The Morgan fingerprint density at radius 3 is 2.23 bits per heavy atom. The van der Waals surface area contributed by atoms with Crippen LogP contribution < -0.4 is 14.9 Å². The van der Waals surface area contributed by atoms with Crippen LogP contribution in [0.2, 0.25) is 0 Å². The van der Waals surface area contributed by atoms with E-state index in [0.29, 0.717) is 11.4 Å². The van der Waals surface area contributed by atoms with E-state index in [1.807, 2.05) is 32.9 Å². The molecule has 0 aliphatic rings. The summed E-state index contributed by atoms with van der Waals surface area (Å²) in [5, 5.41) is 5.47. The molecule has 4 aromatic rings. The minimum atomic E-state index is -4.07. The number of sulfonamides is 1. The van der Waals surface area contributed by atoms with Crippen molar-refractivity contribution in [2.24, 2.45) is 0 Å². The van der Waals surface area contributed by atoms with E-state index >= 15 is 0 Å². The number of nitrogens with one attached hydrogen (secondary N) is 2. The Bertz CT molecular complexity index is 1530. The first-order valence-corrected chi connectivity index (χ1v) is 14.0. The number of carbonyl (C=O) groups excluding carboxylic acids is 2. The highest BCUT2D eigenvalue weighted by Crippen LogP contribution is 2.26. The van der Waals surface area contributed by atoms with Crippen LogP contribution in [0.4, 0.5) is 11.4 Å². The summed E-state index contributed by atoms with van der Waals surface area (Å²) in [6.45, 7) is 5.66. The van der Waals surface area contributed by atoms with E-state index in [-0.39, 0.29) is 28.6 Å². The molecule has 0 saturated heterocycles. The number of rotatable bonds is 10. The molecule has 4 rings (SSSR count). The molecule has 1 heterocycles. The fourth-order valence-electron chi connectivity index (χ4n) is 3.96. The summed E-state index contributed by atoms with van der Waals surface area (Å²) in [4.78, 5) is 26.2. The molecule has 0 aliphatic heterocycles. The van der Waals surface area contributed by atoms with Crippen molar-refractivity contribution in [1.29, 1.82) is 0 Å². The maximum Gasteiger partial charge on any atom is 0.264 e. The number of para-hydroxylation sites is 1. The third kappa shape index (κ3) is 6.74. The SMILES string of the molecule is Cc1ccc(S(=O)(=O)N(CC(=O)Nc2ccccc2C(=O)NCc2ccco2)c2ccc(C(C)C)cc2)cc1. The molecule has 3 aromatic carbocycles. The molecule has 0 unspecified atom stereocenters. The molecular weight excluding hydrogens is 514 g/mol. The average Bonchev–Trinajstić information content (AvgIpc) is 3.45. The summed E-state index contributed by atoms with van der Waals surface area (Å²) < 4.78 is 33.7. The standard InChI is InChI=1S/C30H31N3O5S/c1-21(2)23-12-14-24(15-13-23)33(39(36,37)26-16-10-22(3)11-17-26)20-29(34)32-28-9-5-4-8-27(28)30(35)31-19-25-7-6-18-38-25/h4-18,21H,19-20H2,1-3H3,(H,31,35)(H,32,34). The molecule has 0 spiro atoms. The van der Waals surface area contributed by atoms with Gasteiger partial charge in [-0.25, -0.2) is 8.42 Å². The summed E-state index contributed by atoms with van der Waals surface area (Å²) in [6.07, 6.45) is 1.52. The quantitative estimate of drug-likeness (QED) is 0.275. The molecule has 0 aliphatic carbocycles. The van der Waals surface area contributed by atoms with Crippen LogP contribution in [0.15, 0.2) is 101 Å². The van der Waals surface area contributed by atoms with E-state index in [0.717, 1.165) is 15.4 Å². The van der Waals surface area contributed by atoms with Crippen LogP contribution in [0.5, 0.6) is 0 Å². The molecular formula is C30H31N3O5S. The molecule has 202 valence electrons. The molecule has 0 atom stereocenters. The highest BCUT2D eigenvalue weighted by Gasteiger charge is 2.28. The van der Waals surface area contributed by atoms with E-state index in [1.165, 1.54) is 18.4 Å². The van der Waals surface area contributed by atoms with Gasteiger partial charge in [0.25, 0.3) is 15.9 Å². The van der Waals surface area contributed by atoms with Crippen molar-refractivity contribution >= 4 is 33.2 Å². The summed E-state index contributed by atoms with van der Waals surface area (Å²) in [6, 6.07) is 23.6. The molecule has 1 aromatic heterocycles. The second kappa shape index (κ2) is 12.0. The van der Waals surface area contributed by atoms with Gasteiger partial charge in [0.15, 0.2) is 0 Å². The summed E-state index contributed by atoms with van der Waals surface area (Å²) >= 11 is 0. The first-order chi connectivity index (χ1) is 18.6. The van der Waals surface area contributed by atoms with Gasteiger partial charge in [0.1, 0.15) is 12.3 Å². The second-order valence-electron chi connectivity index (χ2n) is 9.43. The van der Waals surface area contributed by atoms with Gasteiger partial charge in [-0.3, -0.25) is 13.9 Å². The number of hydrogen-bond donors (Lipinski definition) is 2. The maximum atomic E-state index is 13.7. The number of furan rings is 1. The predicted octanol–water partition coefficient (Wildman–Crippen LogP) is 5.48. The maximum absolute atomic E-state index is 13.7. The Hall–Kier alpha value is -4.37. The Kier molecular flexibility index (Phi) is 8.51. The van der Waals surface area contributed by atoms with Crippen LogP contribution in [0.3, 0.4) is 0 Å². The van der Waals surface area contributed by atoms with Crippen molar-refractivity contribution in [2.45, 2.75) is 38.1 Å². The van der Waals surface area contributed by atoms with Gasteiger partial charge >= 0.3 is 0 Å². The molecule has 9 heteroatoms. The Labute approximate surface area is 228 Å². The minimum absolute atomic E-state index is 0.0755. The van der Waals surface area contributed by atoms with Gasteiger partial charge in [-0.1, -0.05) is 55.8 Å². The topological polar surface area (TPSA) is 109 Å². The van der Waals surface area contributed by atoms with E-state index in [4.69, 9.17) is 4.42 Å². The molecule has 2 amide bonds. The van der Waals surface area contributed by atoms with Crippen LogP contribution in [0.1, 0.15) is 47.0 Å². The fourth-order valence-corrected chi connectivity index (χ4v) is 5.39. The Morgan fingerprint density at radius 2 is 1.59 bits per heavy atom. The van der Waals surface area contributed by atoms with Gasteiger partial charge in [-0.2, -0.15) is 0 Å². The third-order valence-corrected chi connectivity index (χ3v) is 7.98. The first-order valence-electron chi connectivity index (χ1n) is 12.5. The smallest absolute Gasteiger partial charge is 0.264 e. The monoisotopic (exact) mass is 545 g/mol. The highest BCUT2D eigenvalue weighted by atomic mass is 32.2. The van der Waals surface area contributed by atoms with Crippen molar-refractivity contribution in [3.8, 4) is 0 Å². The van der Waals surface area contributed by atoms with Crippen LogP contribution >= 0.6 is 0 Å². The van der Waals surface area contributed by atoms with Crippen molar-refractivity contribution < 1.29 is 22.4 Å². The van der Waals surface area contributed by atoms with Gasteiger partial charge < -0.3 is 15.1 Å². The van der Waals surface area contributed by atoms with E-state index in [1.54, 1.807) is 60.7 Å². The number of aryl methyl sites for hydroxylation is 1. The summed E-state index contributed by atoms with van der Waals surface area (Å²) in [7, 11) is -4.07. The molecule has 2 N–H and O–H groups in total. The van der Waals surface area contributed by atoms with E-state index in [2.05, 4.69) is 10.6 Å². The number of carbonyl (C=O) groups is 2. The van der Waals surface area contributed by atoms with Gasteiger partial charge in [-0.05, 0) is 66.9 Å². The normalized spacial score (nSPS) is 11.3. The minimum Gasteiger partial charge on any atom is -0.467 e. The number of hydrogen-bond acceptors (Lipinski definition) is 5. The summed E-state index contributed by atoms with van der Waals surface area (Å²) in [5.41, 5.74) is 2.83. The van der Waals surface area contributed by atoms with Crippen molar-refractivity contribution in [1.82, 2.24) is 5.32 Å². The van der Waals surface area contributed by atoms with Gasteiger partial charge in [0.2, 0.25) is 5.91 Å². The van der Waals surface area contributed by atoms with E-state index in [9.17, 15) is 18.0 Å². The lowest BCUT2D eigenvalue weighted by Crippen LogP contribution is -2.38.